The Morgan fingerprint density at radius 1 is 0.700 bits per heavy atom. The van der Waals surface area contributed by atoms with Gasteiger partial charge in [-0.25, -0.2) is 0 Å². The van der Waals surface area contributed by atoms with E-state index in [0.29, 0.717) is 0 Å². The highest BCUT2D eigenvalue weighted by Gasteiger charge is 2.20. The summed E-state index contributed by atoms with van der Waals surface area (Å²) in [5.74, 6) is 0. The summed E-state index contributed by atoms with van der Waals surface area (Å²) in [7, 11) is 0. The van der Waals surface area contributed by atoms with Gasteiger partial charge in [-0.2, -0.15) is 22.0 Å². The number of halogens is 8. The van der Waals surface area contributed by atoms with E-state index in [9.17, 15) is 22.0 Å². The Morgan fingerprint density at radius 2 is 0.700 bits per heavy atom. The second kappa shape index (κ2) is 4.41. The van der Waals surface area contributed by atoms with Crippen LogP contribution in [0.4, 0.5) is 22.0 Å². The van der Waals surface area contributed by atoms with Gasteiger partial charge < -0.3 is 0 Å². The van der Waals surface area contributed by atoms with Crippen LogP contribution in [0.15, 0.2) is 0 Å². The molecule has 0 aromatic heterocycles. The first-order valence-corrected chi connectivity index (χ1v) is 2.65. The quantitative estimate of drug-likeness (QED) is 0.435. The van der Waals surface area contributed by atoms with E-state index in [1.807, 2.05) is 0 Å². The Labute approximate surface area is 67.8 Å². The third-order valence-corrected chi connectivity index (χ3v) is 0. The van der Waals surface area contributed by atoms with Crippen LogP contribution in [-0.4, -0.2) is 10.5 Å². The monoisotopic (exact) mass is 224 g/mol. The van der Waals surface area contributed by atoms with Gasteiger partial charge in [-0.1, -0.05) is 0 Å². The minimum absolute atomic E-state index is 3.53. The predicted octanol–water partition coefficient (Wildman–Crippen LogP) is 3.76. The van der Waals surface area contributed by atoms with Crippen LogP contribution in [0.25, 0.3) is 0 Å². The molecule has 10 heavy (non-hydrogen) atoms. The molecular formula is C2Cl3F5. The first-order valence-electron chi connectivity index (χ1n) is 1.51. The SMILES string of the molecule is FC(F)(Cl)Cl.FC(F)(F)Cl. The molecule has 0 nitrogen and oxygen atoms in total. The molecule has 0 fully saturated rings. The number of hydrogen-bond acceptors (Lipinski definition) is 0. The third kappa shape index (κ3) is 1780. The van der Waals surface area contributed by atoms with Gasteiger partial charge >= 0.3 is 10.5 Å². The lowest BCUT2D eigenvalue weighted by Crippen LogP contribution is -1.89. The summed E-state index contributed by atoms with van der Waals surface area (Å²) in [6.45, 7) is 0. The van der Waals surface area contributed by atoms with Crippen molar-refractivity contribution in [1.29, 1.82) is 0 Å². The van der Waals surface area contributed by atoms with E-state index in [1.165, 1.54) is 0 Å². The zero-order valence-corrected chi connectivity index (χ0v) is 6.29. The molecule has 0 radical (unpaired) electrons. The van der Waals surface area contributed by atoms with Gasteiger partial charge in [-0.3, -0.25) is 0 Å². The van der Waals surface area contributed by atoms with Gasteiger partial charge in [0.15, 0.2) is 0 Å². The molecule has 0 rings (SSSR count). The van der Waals surface area contributed by atoms with Crippen LogP contribution in [0.5, 0.6) is 0 Å². The fourth-order valence-corrected chi connectivity index (χ4v) is 0. The Kier molecular flexibility index (Phi) is 5.79. The molecule has 64 valence electrons. The second-order valence-corrected chi connectivity index (χ2v) is 2.43. The summed E-state index contributed by atoms with van der Waals surface area (Å²) >= 11 is 11.5. The highest BCUT2D eigenvalue weighted by atomic mass is 35.5. The molecule has 0 saturated heterocycles. The summed E-state index contributed by atoms with van der Waals surface area (Å²) in [5, 5.41) is 0. The number of hydrogen-bond donors (Lipinski definition) is 0. The van der Waals surface area contributed by atoms with E-state index in [4.69, 9.17) is 0 Å². The smallest absolute Gasteiger partial charge is 0.172 e. The van der Waals surface area contributed by atoms with Crippen molar-refractivity contribution in [3.63, 3.8) is 0 Å². The molecule has 0 heterocycles. The molecule has 0 aliphatic rings. The normalized spacial score (nSPS) is 12.0. The van der Waals surface area contributed by atoms with Crippen molar-refractivity contribution in [3.8, 4) is 0 Å². The first kappa shape index (κ1) is 13.1. The molecule has 8 heteroatoms. The number of alkyl halides is 8. The molecule has 0 atom stereocenters. The maximum atomic E-state index is 10.6. The zero-order chi connectivity index (χ0) is 9.00. The van der Waals surface area contributed by atoms with Gasteiger partial charge in [0.1, 0.15) is 0 Å². The fraction of sp³-hybridized carbons (Fsp3) is 1.00. The lowest BCUT2D eigenvalue weighted by atomic mass is 11.6. The van der Waals surface area contributed by atoms with Crippen molar-refractivity contribution < 1.29 is 22.0 Å². The van der Waals surface area contributed by atoms with E-state index in [-0.39, 0.29) is 0 Å². The van der Waals surface area contributed by atoms with Gasteiger partial charge in [-0.15, -0.1) is 0 Å². The van der Waals surface area contributed by atoms with Crippen LogP contribution in [0.2, 0.25) is 0 Å². The summed E-state index contributed by atoms with van der Waals surface area (Å²) in [6, 6.07) is 0. The molecule has 0 saturated carbocycles. The van der Waals surface area contributed by atoms with Crippen molar-refractivity contribution in [2.75, 3.05) is 0 Å². The molecule has 0 spiro atoms. The molecular weight excluding hydrogens is 225 g/mol. The maximum Gasteiger partial charge on any atom is 0.475 e. The van der Waals surface area contributed by atoms with Crippen LogP contribution < -0.4 is 0 Å². The second-order valence-electron chi connectivity index (χ2n) is 0.857. The molecule has 0 amide bonds. The molecule has 0 aromatic rings. The van der Waals surface area contributed by atoms with E-state index in [2.05, 4.69) is 34.8 Å². The van der Waals surface area contributed by atoms with E-state index in [0.717, 1.165) is 0 Å². The van der Waals surface area contributed by atoms with Gasteiger partial charge in [-0.05, 0) is 34.8 Å². The van der Waals surface area contributed by atoms with Crippen molar-refractivity contribution in [2.24, 2.45) is 0 Å². The van der Waals surface area contributed by atoms with E-state index in [1.54, 1.807) is 0 Å². The largest absolute Gasteiger partial charge is 0.475 e. The van der Waals surface area contributed by atoms with Crippen LogP contribution in [0, 0.1) is 0 Å². The van der Waals surface area contributed by atoms with Gasteiger partial charge in [0.2, 0.25) is 0 Å². The summed E-state index contributed by atoms with van der Waals surface area (Å²) < 4.78 is 51.5. The standard InChI is InChI=1S/CCl2F2.CClF3/c2*2-1(3,4)5. The third-order valence-electron chi connectivity index (χ3n) is 0. The Balaban J connectivity index is 0. The summed E-state index contributed by atoms with van der Waals surface area (Å²) in [4.78, 5) is -3.56. The topological polar surface area (TPSA) is 0 Å². The van der Waals surface area contributed by atoms with Crippen molar-refractivity contribution >= 4 is 34.8 Å². The maximum absolute atomic E-state index is 10.6. The molecule has 0 aromatic carbocycles. The van der Waals surface area contributed by atoms with Gasteiger partial charge in [0.25, 0.3) is 0 Å². The lowest BCUT2D eigenvalue weighted by Gasteiger charge is -1.87. The predicted molar refractivity (Wildman–Crippen MR) is 28.6 cm³/mol. The highest BCUT2D eigenvalue weighted by molar-refractivity contribution is 6.45. The van der Waals surface area contributed by atoms with Crippen LogP contribution in [-0.2, 0) is 0 Å². The van der Waals surface area contributed by atoms with Crippen LogP contribution in [0.1, 0.15) is 0 Å². The van der Waals surface area contributed by atoms with Crippen molar-refractivity contribution in [3.05, 3.63) is 0 Å². The fourth-order valence-electron chi connectivity index (χ4n) is 0. The van der Waals surface area contributed by atoms with Gasteiger partial charge in [0, 0.05) is 0 Å². The zero-order valence-electron chi connectivity index (χ0n) is 4.02. The molecule has 0 bridgehead atoms. The van der Waals surface area contributed by atoms with E-state index < -0.39 is 10.5 Å². The average molecular weight is 225 g/mol. The van der Waals surface area contributed by atoms with Crippen molar-refractivity contribution in [2.45, 2.75) is 10.5 Å². The first-order chi connectivity index (χ1) is 4.00. The van der Waals surface area contributed by atoms with Crippen LogP contribution >= 0.6 is 34.8 Å². The lowest BCUT2D eigenvalue weighted by molar-refractivity contribution is -0.0420. The van der Waals surface area contributed by atoms with Crippen molar-refractivity contribution in [1.82, 2.24) is 0 Å². The molecule has 0 unspecified atom stereocenters. The van der Waals surface area contributed by atoms with E-state index >= 15 is 0 Å². The molecule has 0 aliphatic heterocycles. The molecule has 0 N–H and O–H groups in total. The van der Waals surface area contributed by atoms with Crippen LogP contribution in [0.3, 0.4) is 0 Å². The Bertz CT molecular complexity index is 57.9. The minimum atomic E-state index is -4.53. The van der Waals surface area contributed by atoms with Gasteiger partial charge in [0.05, 0.1) is 0 Å². The Morgan fingerprint density at radius 3 is 0.700 bits per heavy atom. The molecule has 0 aliphatic carbocycles. The minimum Gasteiger partial charge on any atom is -0.172 e. The average Bonchev–Trinajstić information content (AvgIpc) is 1.12. The summed E-state index contributed by atoms with van der Waals surface area (Å²) in [6.07, 6.45) is 0. The Hall–Kier alpha value is 0.520. The highest BCUT2D eigenvalue weighted by Crippen LogP contribution is 2.22. The number of rotatable bonds is 0. The summed E-state index contributed by atoms with van der Waals surface area (Å²) in [5.41, 5.74) is -4.53.